The lowest BCUT2D eigenvalue weighted by atomic mass is 9.73. The van der Waals surface area contributed by atoms with Crippen LogP contribution in [-0.4, -0.2) is 35.2 Å². The minimum Gasteiger partial charge on any atom is -0.452 e. The number of anilines is 2. The van der Waals surface area contributed by atoms with Crippen molar-refractivity contribution in [2.75, 3.05) is 16.8 Å². The molecule has 1 aliphatic carbocycles. The minimum absolute atomic E-state index is 0.139. The highest BCUT2D eigenvalue weighted by Crippen LogP contribution is 2.45. The molecule has 1 saturated heterocycles. The Morgan fingerprint density at radius 1 is 0.975 bits per heavy atom. The van der Waals surface area contributed by atoms with E-state index in [1.54, 1.807) is 6.92 Å². The van der Waals surface area contributed by atoms with E-state index in [0.29, 0.717) is 24.1 Å². The van der Waals surface area contributed by atoms with Crippen molar-refractivity contribution in [1.29, 1.82) is 0 Å². The Balaban J connectivity index is 1.19. The number of aryl methyl sites for hydroxylation is 1. The summed E-state index contributed by atoms with van der Waals surface area (Å²) in [7, 11) is 0. The third-order valence-corrected chi connectivity index (χ3v) is 7.58. The molecule has 0 radical (unpaired) electrons. The molecule has 10 nitrogen and oxygen atoms in total. The normalized spacial score (nSPS) is 20.1. The molecular weight excluding hydrogens is 514 g/mol. The van der Waals surface area contributed by atoms with Gasteiger partial charge in [0, 0.05) is 17.3 Å². The highest BCUT2D eigenvalue weighted by molar-refractivity contribution is 6.22. The Hall–Kier alpha value is -4.86. The minimum atomic E-state index is -0.768. The van der Waals surface area contributed by atoms with Crippen LogP contribution in [0.3, 0.4) is 0 Å². The van der Waals surface area contributed by atoms with E-state index in [2.05, 4.69) is 17.4 Å². The Morgan fingerprint density at radius 2 is 1.68 bits per heavy atom. The quantitative estimate of drug-likeness (QED) is 0.197. The van der Waals surface area contributed by atoms with Crippen LogP contribution in [0.4, 0.5) is 17.1 Å². The van der Waals surface area contributed by atoms with E-state index in [-0.39, 0.29) is 46.5 Å². The van der Waals surface area contributed by atoms with Crippen molar-refractivity contribution in [2.45, 2.75) is 32.1 Å². The zero-order chi connectivity index (χ0) is 28.4. The van der Waals surface area contributed by atoms with E-state index in [1.165, 1.54) is 52.9 Å². The number of nitro benzene ring substituents is 1. The van der Waals surface area contributed by atoms with E-state index in [1.807, 2.05) is 18.2 Å². The maximum Gasteiger partial charge on any atom is 0.338 e. The molecule has 3 atom stereocenters. The van der Waals surface area contributed by atoms with Crippen molar-refractivity contribution in [3.05, 3.63) is 99.6 Å². The van der Waals surface area contributed by atoms with Crippen LogP contribution < -0.4 is 10.2 Å². The molecule has 10 heteroatoms. The van der Waals surface area contributed by atoms with Crippen molar-refractivity contribution in [2.24, 2.45) is 11.8 Å². The van der Waals surface area contributed by atoms with Gasteiger partial charge >= 0.3 is 5.97 Å². The van der Waals surface area contributed by atoms with Gasteiger partial charge in [0.1, 0.15) is 0 Å². The van der Waals surface area contributed by atoms with Gasteiger partial charge in [-0.3, -0.25) is 29.4 Å². The number of carbonyl (C=O) groups excluding carboxylic acids is 4. The Morgan fingerprint density at radius 3 is 2.38 bits per heavy atom. The molecule has 2 aliphatic rings. The van der Waals surface area contributed by atoms with Crippen molar-refractivity contribution in [1.82, 2.24) is 0 Å². The van der Waals surface area contributed by atoms with Gasteiger partial charge in [-0.1, -0.05) is 36.4 Å². The van der Waals surface area contributed by atoms with Crippen LogP contribution in [-0.2, 0) is 19.1 Å². The number of hydrogen-bond donors (Lipinski definition) is 1. The third kappa shape index (κ3) is 5.33. The molecule has 0 unspecified atom stereocenters. The molecule has 5 rings (SSSR count). The molecule has 3 amide bonds. The number of nitrogens with zero attached hydrogens (tertiary/aromatic N) is 2. The summed E-state index contributed by atoms with van der Waals surface area (Å²) >= 11 is 0. The first-order chi connectivity index (χ1) is 19.2. The Bertz CT molecular complexity index is 1490. The maximum atomic E-state index is 13.3. The second-order valence-electron chi connectivity index (χ2n) is 10.1. The summed E-state index contributed by atoms with van der Waals surface area (Å²) < 4.78 is 5.07. The predicted molar refractivity (Wildman–Crippen MR) is 146 cm³/mol. The molecule has 0 aromatic heterocycles. The summed E-state index contributed by atoms with van der Waals surface area (Å²) in [4.78, 5) is 62.9. The molecule has 0 spiro atoms. The number of carbonyl (C=O) groups is 4. The van der Waals surface area contributed by atoms with Gasteiger partial charge in [0.15, 0.2) is 6.61 Å². The highest BCUT2D eigenvalue weighted by atomic mass is 16.6. The van der Waals surface area contributed by atoms with Gasteiger partial charge in [-0.05, 0) is 68.0 Å². The van der Waals surface area contributed by atoms with Gasteiger partial charge < -0.3 is 10.1 Å². The van der Waals surface area contributed by atoms with Gasteiger partial charge in [0.05, 0.1) is 28.0 Å². The maximum absolute atomic E-state index is 13.3. The number of amides is 3. The molecule has 2 fully saturated rings. The molecular formula is C30H27N3O7. The summed E-state index contributed by atoms with van der Waals surface area (Å²) in [5, 5.41) is 13.6. The number of benzene rings is 3. The molecule has 1 aliphatic heterocycles. The largest absolute Gasteiger partial charge is 0.452 e. The van der Waals surface area contributed by atoms with Crippen LogP contribution in [0.15, 0.2) is 72.8 Å². The summed E-state index contributed by atoms with van der Waals surface area (Å²) in [5.74, 6) is -2.35. The number of ether oxygens (including phenoxy) is 1. The standard InChI is InChI=1S/C30H27N3O7/c1-18-7-11-22(16-26(18)33(38)39)31-27(34)17-40-30(37)20-8-12-23(13-9-20)32-28(35)24-14-10-21(15-25(24)29(32)36)19-5-3-2-4-6-19/h2-9,11-13,16,21,24-25H,10,14-15,17H2,1H3,(H,31,34)/t21-,24-,25-/m1/s1. The number of imide groups is 1. The highest BCUT2D eigenvalue weighted by Gasteiger charge is 2.50. The van der Waals surface area contributed by atoms with E-state index in [4.69, 9.17) is 4.74 Å². The molecule has 204 valence electrons. The van der Waals surface area contributed by atoms with Gasteiger partial charge in [-0.15, -0.1) is 0 Å². The van der Waals surface area contributed by atoms with Crippen LogP contribution >= 0.6 is 0 Å². The molecule has 40 heavy (non-hydrogen) atoms. The number of nitrogens with one attached hydrogen (secondary N) is 1. The van der Waals surface area contributed by atoms with Gasteiger partial charge in [0.2, 0.25) is 11.8 Å². The van der Waals surface area contributed by atoms with Crippen LogP contribution in [0.25, 0.3) is 0 Å². The number of nitro groups is 1. The smallest absolute Gasteiger partial charge is 0.338 e. The first-order valence-corrected chi connectivity index (χ1v) is 13.0. The first-order valence-electron chi connectivity index (χ1n) is 13.0. The molecule has 3 aromatic carbocycles. The van der Waals surface area contributed by atoms with Crippen molar-refractivity contribution < 1.29 is 28.8 Å². The van der Waals surface area contributed by atoms with E-state index in [0.717, 1.165) is 6.42 Å². The summed E-state index contributed by atoms with van der Waals surface area (Å²) in [6, 6.07) is 20.2. The van der Waals surface area contributed by atoms with Crippen molar-refractivity contribution >= 4 is 40.8 Å². The summed E-state index contributed by atoms with van der Waals surface area (Å²) in [6.45, 7) is 0.984. The number of esters is 1. The van der Waals surface area contributed by atoms with Gasteiger partial charge in [-0.2, -0.15) is 0 Å². The summed E-state index contributed by atoms with van der Waals surface area (Å²) in [5.41, 5.74) is 2.22. The lowest BCUT2D eigenvalue weighted by molar-refractivity contribution is -0.385. The van der Waals surface area contributed by atoms with Crippen LogP contribution in [0.2, 0.25) is 0 Å². The second kappa shape index (κ2) is 11.1. The van der Waals surface area contributed by atoms with Crippen LogP contribution in [0.5, 0.6) is 0 Å². The number of hydrogen-bond acceptors (Lipinski definition) is 7. The van der Waals surface area contributed by atoms with Crippen LogP contribution in [0.1, 0.15) is 46.7 Å². The number of rotatable bonds is 7. The SMILES string of the molecule is Cc1ccc(NC(=O)COC(=O)c2ccc(N3C(=O)[C@@H]4CC[C@@H](c5ccccc5)C[C@H]4C3=O)cc2)cc1[N+](=O)[O-]. The number of fused-ring (bicyclic) bond motifs is 1. The zero-order valence-electron chi connectivity index (χ0n) is 21.7. The third-order valence-electron chi connectivity index (χ3n) is 7.58. The molecule has 0 bridgehead atoms. The second-order valence-corrected chi connectivity index (χ2v) is 10.1. The fourth-order valence-corrected chi connectivity index (χ4v) is 5.50. The Kier molecular flexibility index (Phi) is 7.41. The molecule has 3 aromatic rings. The molecule has 1 heterocycles. The zero-order valence-corrected chi connectivity index (χ0v) is 21.7. The Labute approximate surface area is 230 Å². The topological polar surface area (TPSA) is 136 Å². The van der Waals surface area contributed by atoms with E-state index < -0.39 is 23.4 Å². The first kappa shape index (κ1) is 26.7. The van der Waals surface area contributed by atoms with Gasteiger partial charge in [-0.25, -0.2) is 4.79 Å². The lowest BCUT2D eigenvalue weighted by Gasteiger charge is -2.28. The predicted octanol–water partition coefficient (Wildman–Crippen LogP) is 4.77. The molecule has 1 saturated carbocycles. The van der Waals surface area contributed by atoms with E-state index >= 15 is 0 Å². The van der Waals surface area contributed by atoms with Crippen LogP contribution in [0, 0.1) is 28.9 Å². The monoisotopic (exact) mass is 541 g/mol. The van der Waals surface area contributed by atoms with Crippen molar-refractivity contribution in [3.63, 3.8) is 0 Å². The van der Waals surface area contributed by atoms with Crippen molar-refractivity contribution in [3.8, 4) is 0 Å². The average Bonchev–Trinajstić information content (AvgIpc) is 3.22. The van der Waals surface area contributed by atoms with E-state index in [9.17, 15) is 29.3 Å². The molecule has 1 N–H and O–H groups in total. The average molecular weight is 542 g/mol. The lowest BCUT2D eigenvalue weighted by Crippen LogP contribution is -2.30. The fraction of sp³-hybridized carbons (Fsp3) is 0.267. The fourth-order valence-electron chi connectivity index (χ4n) is 5.50. The summed E-state index contributed by atoms with van der Waals surface area (Å²) in [6.07, 6.45) is 2.11. The van der Waals surface area contributed by atoms with Gasteiger partial charge in [0.25, 0.3) is 11.6 Å².